The minimum absolute atomic E-state index is 0.325. The van der Waals surface area contributed by atoms with Gasteiger partial charge < -0.3 is 16.0 Å². The molecule has 10 heteroatoms. The van der Waals surface area contributed by atoms with E-state index in [2.05, 4.69) is 20.4 Å². The second kappa shape index (κ2) is 9.24. The zero-order valence-electron chi connectivity index (χ0n) is 19.2. The average molecular weight is 494 g/mol. The molecule has 5 rings (SSSR count). The number of hydrogen-bond donors (Lipinski definition) is 2. The molecule has 3 heterocycles. The predicted molar refractivity (Wildman–Crippen MR) is 134 cm³/mol. The van der Waals surface area contributed by atoms with Gasteiger partial charge in [-0.2, -0.15) is 10.2 Å². The zero-order chi connectivity index (χ0) is 24.6. The largest absolute Gasteiger partial charge is 0.368 e. The summed E-state index contributed by atoms with van der Waals surface area (Å²) < 4.78 is 15.5. The van der Waals surface area contributed by atoms with Crippen LogP contribution < -0.4 is 16.0 Å². The fourth-order valence-corrected chi connectivity index (χ4v) is 4.97. The summed E-state index contributed by atoms with van der Waals surface area (Å²) in [5, 5.41) is 18.2. The third-order valence-electron chi connectivity index (χ3n) is 6.57. The van der Waals surface area contributed by atoms with E-state index >= 15 is 0 Å². The van der Waals surface area contributed by atoms with Crippen LogP contribution in [0.1, 0.15) is 19.8 Å². The van der Waals surface area contributed by atoms with Gasteiger partial charge in [0.15, 0.2) is 5.82 Å². The zero-order valence-corrected chi connectivity index (χ0v) is 20.0. The van der Waals surface area contributed by atoms with Crippen LogP contribution in [0, 0.1) is 5.82 Å². The molecule has 2 aromatic heterocycles. The number of carbonyl (C=O) groups excluding carboxylic acids is 1. The number of carbonyl (C=O) groups is 1. The summed E-state index contributed by atoms with van der Waals surface area (Å²) in [4.78, 5) is 14.3. The molecule has 0 radical (unpaired) electrons. The summed E-state index contributed by atoms with van der Waals surface area (Å²) in [5.74, 6) is -0.0506. The van der Waals surface area contributed by atoms with Gasteiger partial charge >= 0.3 is 0 Å². The Morgan fingerprint density at radius 3 is 2.54 bits per heavy atom. The number of fused-ring (bicyclic) bond motifs is 1. The second-order valence-electron chi connectivity index (χ2n) is 8.61. The first-order valence-electron chi connectivity index (χ1n) is 11.5. The number of anilines is 1. The topological polar surface area (TPSA) is 102 Å². The van der Waals surface area contributed by atoms with Crippen molar-refractivity contribution in [2.75, 3.05) is 24.5 Å². The van der Waals surface area contributed by atoms with E-state index in [4.69, 9.17) is 22.4 Å². The first-order chi connectivity index (χ1) is 16.9. The lowest BCUT2D eigenvalue weighted by molar-refractivity contribution is -0.125. The van der Waals surface area contributed by atoms with Gasteiger partial charge in [0.2, 0.25) is 5.91 Å². The van der Waals surface area contributed by atoms with Gasteiger partial charge in [-0.3, -0.25) is 4.79 Å². The van der Waals surface area contributed by atoms with Crippen molar-refractivity contribution in [3.63, 3.8) is 0 Å². The third kappa shape index (κ3) is 4.11. The SMILES string of the molecule is CCNC1(C(N)=O)CCN(c2nncc3c(-c4ccc(F)cc4)n(-c4ccccc4Cl)nc23)CC1. The normalized spacial score (nSPS) is 15.5. The highest BCUT2D eigenvalue weighted by Gasteiger charge is 2.40. The van der Waals surface area contributed by atoms with Gasteiger partial charge in [0.25, 0.3) is 0 Å². The van der Waals surface area contributed by atoms with Gasteiger partial charge in [-0.1, -0.05) is 30.7 Å². The number of aromatic nitrogens is 4. The number of rotatable bonds is 6. The number of primary amides is 1. The van der Waals surface area contributed by atoms with E-state index in [9.17, 15) is 9.18 Å². The van der Waals surface area contributed by atoms with Gasteiger partial charge in [0, 0.05) is 18.7 Å². The first kappa shape index (κ1) is 23.2. The highest BCUT2D eigenvalue weighted by Crippen LogP contribution is 2.37. The Bertz CT molecular complexity index is 1380. The summed E-state index contributed by atoms with van der Waals surface area (Å²) >= 11 is 6.54. The number of likely N-dealkylation sites (N-methyl/N-ethyl adjacent to an activating group) is 1. The van der Waals surface area contributed by atoms with Gasteiger partial charge in [0.1, 0.15) is 16.9 Å². The molecule has 8 nitrogen and oxygen atoms in total. The summed E-state index contributed by atoms with van der Waals surface area (Å²) in [6, 6.07) is 13.6. The molecular weight excluding hydrogens is 469 g/mol. The van der Waals surface area contributed by atoms with Crippen LogP contribution in [0.4, 0.5) is 10.2 Å². The monoisotopic (exact) mass is 493 g/mol. The van der Waals surface area contributed by atoms with Crippen LogP contribution in [0.3, 0.4) is 0 Å². The Morgan fingerprint density at radius 1 is 1.17 bits per heavy atom. The molecule has 0 unspecified atom stereocenters. The molecule has 0 atom stereocenters. The van der Waals surface area contributed by atoms with E-state index in [1.54, 1.807) is 29.1 Å². The molecule has 1 aliphatic heterocycles. The number of benzene rings is 2. The van der Waals surface area contributed by atoms with Gasteiger partial charge in [-0.25, -0.2) is 9.07 Å². The average Bonchev–Trinajstić information content (AvgIpc) is 3.25. The highest BCUT2D eigenvalue weighted by molar-refractivity contribution is 6.32. The minimum Gasteiger partial charge on any atom is -0.368 e. The van der Waals surface area contributed by atoms with Crippen molar-refractivity contribution in [2.45, 2.75) is 25.3 Å². The lowest BCUT2D eigenvalue weighted by Crippen LogP contribution is -2.61. The van der Waals surface area contributed by atoms with Crippen molar-refractivity contribution < 1.29 is 9.18 Å². The van der Waals surface area contributed by atoms with E-state index in [1.165, 1.54) is 12.1 Å². The minimum atomic E-state index is -0.733. The van der Waals surface area contributed by atoms with E-state index < -0.39 is 5.54 Å². The van der Waals surface area contributed by atoms with Crippen LogP contribution in [0.25, 0.3) is 27.8 Å². The quantitative estimate of drug-likeness (QED) is 0.424. The van der Waals surface area contributed by atoms with Crippen LogP contribution in [0.2, 0.25) is 5.02 Å². The number of nitrogens with two attached hydrogens (primary N) is 1. The second-order valence-corrected chi connectivity index (χ2v) is 9.02. The van der Waals surface area contributed by atoms with E-state index in [0.29, 0.717) is 54.5 Å². The van der Waals surface area contributed by atoms with Crippen molar-refractivity contribution in [2.24, 2.45) is 5.73 Å². The number of piperidine rings is 1. The molecule has 0 bridgehead atoms. The molecule has 1 amide bonds. The number of nitrogens with one attached hydrogen (secondary N) is 1. The fourth-order valence-electron chi connectivity index (χ4n) is 4.75. The summed E-state index contributed by atoms with van der Waals surface area (Å²) in [7, 11) is 0. The maximum atomic E-state index is 13.7. The summed E-state index contributed by atoms with van der Waals surface area (Å²) in [5.41, 5.74) is 7.85. The highest BCUT2D eigenvalue weighted by atomic mass is 35.5. The molecule has 3 N–H and O–H groups in total. The molecule has 1 fully saturated rings. The summed E-state index contributed by atoms with van der Waals surface area (Å²) in [6.45, 7) is 3.74. The Morgan fingerprint density at radius 2 is 1.89 bits per heavy atom. The predicted octanol–water partition coefficient (Wildman–Crippen LogP) is 3.71. The van der Waals surface area contributed by atoms with Crippen molar-refractivity contribution in [1.82, 2.24) is 25.3 Å². The molecule has 35 heavy (non-hydrogen) atoms. The smallest absolute Gasteiger partial charge is 0.237 e. The molecule has 180 valence electrons. The third-order valence-corrected chi connectivity index (χ3v) is 6.89. The van der Waals surface area contributed by atoms with Crippen LogP contribution >= 0.6 is 11.6 Å². The molecule has 0 spiro atoms. The Kier molecular flexibility index (Phi) is 6.12. The molecule has 1 aliphatic rings. The van der Waals surface area contributed by atoms with Crippen molar-refractivity contribution in [1.29, 1.82) is 0 Å². The van der Waals surface area contributed by atoms with Gasteiger partial charge in [-0.05, 0) is 55.8 Å². The number of nitrogens with zero attached hydrogens (tertiary/aromatic N) is 5. The summed E-state index contributed by atoms with van der Waals surface area (Å²) in [6.07, 6.45) is 2.75. The first-order valence-corrected chi connectivity index (χ1v) is 11.9. The van der Waals surface area contributed by atoms with Crippen LogP contribution in [0.15, 0.2) is 54.7 Å². The Balaban J connectivity index is 1.63. The maximum absolute atomic E-state index is 13.7. The van der Waals surface area contributed by atoms with Crippen LogP contribution in [0.5, 0.6) is 0 Å². The molecule has 0 aliphatic carbocycles. The van der Waals surface area contributed by atoms with Crippen LogP contribution in [-0.4, -0.2) is 51.1 Å². The van der Waals surface area contributed by atoms with E-state index in [0.717, 1.165) is 16.6 Å². The lowest BCUT2D eigenvalue weighted by Gasteiger charge is -2.40. The Labute approximate surface area is 206 Å². The Hall–Kier alpha value is -3.56. The van der Waals surface area contributed by atoms with Gasteiger partial charge in [0.05, 0.1) is 28.0 Å². The lowest BCUT2D eigenvalue weighted by atomic mass is 9.86. The van der Waals surface area contributed by atoms with Crippen molar-refractivity contribution in [3.05, 3.63) is 65.6 Å². The number of halogens is 2. The molecule has 4 aromatic rings. The molecular formula is C25H25ClFN7O. The standard InChI is InChI=1S/C25H25ClFN7O/c1-2-29-25(24(28)35)11-13-33(14-12-25)23-21-18(15-30-31-23)22(16-7-9-17(27)10-8-16)34(32-21)20-6-4-3-5-19(20)26/h3-10,15,29H,2,11-14H2,1H3,(H2,28,35). The van der Waals surface area contributed by atoms with E-state index in [1.807, 2.05) is 25.1 Å². The number of hydrogen-bond acceptors (Lipinski definition) is 6. The van der Waals surface area contributed by atoms with E-state index in [-0.39, 0.29) is 11.7 Å². The van der Waals surface area contributed by atoms with Gasteiger partial charge in [-0.15, -0.1) is 5.10 Å². The maximum Gasteiger partial charge on any atom is 0.237 e. The molecule has 2 aromatic carbocycles. The van der Waals surface area contributed by atoms with Crippen LogP contribution in [-0.2, 0) is 4.79 Å². The number of para-hydroxylation sites is 1. The molecule has 1 saturated heterocycles. The fraction of sp³-hybridized carbons (Fsp3) is 0.280. The van der Waals surface area contributed by atoms with Crippen molar-refractivity contribution >= 4 is 34.2 Å². The molecule has 0 saturated carbocycles. The number of amides is 1. The van der Waals surface area contributed by atoms with Crippen molar-refractivity contribution in [3.8, 4) is 16.9 Å².